The van der Waals surface area contributed by atoms with Crippen LogP contribution in [0.2, 0.25) is 0 Å². The Morgan fingerprint density at radius 2 is 2.16 bits per heavy atom. The molecule has 1 atom stereocenters. The second-order valence-electron chi connectivity index (χ2n) is 5.31. The molecule has 1 aromatic carbocycles. The molecule has 0 aromatic heterocycles. The molecule has 1 saturated carbocycles. The van der Waals surface area contributed by atoms with Crippen LogP contribution in [0.25, 0.3) is 0 Å². The second kappa shape index (κ2) is 5.21. The lowest BCUT2D eigenvalue weighted by Gasteiger charge is -2.16. The first-order chi connectivity index (χ1) is 9.13. The first-order valence-corrected chi connectivity index (χ1v) is 7.43. The summed E-state index contributed by atoms with van der Waals surface area (Å²) >= 11 is 3.19. The summed E-state index contributed by atoms with van der Waals surface area (Å²) in [6.45, 7) is 1.94. The summed E-state index contributed by atoms with van der Waals surface area (Å²) in [7, 11) is 0. The number of hydrogen-bond acceptors (Lipinski definition) is 2. The molecule has 3 rings (SSSR count). The average molecular weight is 327 g/mol. The highest BCUT2D eigenvalue weighted by molar-refractivity contribution is 9.10. The third-order valence-corrected chi connectivity index (χ3v) is 4.29. The molecule has 1 amide bonds. The molecule has 1 aromatic rings. The summed E-state index contributed by atoms with van der Waals surface area (Å²) in [6.07, 6.45) is 3.52. The first-order valence-electron chi connectivity index (χ1n) is 6.63. The predicted molar refractivity (Wildman–Crippen MR) is 74.6 cm³/mol. The zero-order valence-corrected chi connectivity index (χ0v) is 12.1. The van der Waals surface area contributed by atoms with Gasteiger partial charge >= 0.3 is 0 Å². The Morgan fingerprint density at radius 3 is 2.84 bits per heavy atom. The van der Waals surface area contributed by atoms with Crippen LogP contribution < -0.4 is 5.32 Å². The molecule has 0 spiro atoms. The van der Waals surface area contributed by atoms with Crippen LogP contribution in [0.1, 0.15) is 29.6 Å². The fraction of sp³-hybridized carbons (Fsp3) is 0.500. The summed E-state index contributed by atoms with van der Waals surface area (Å²) in [5.41, 5.74) is 0.119. The van der Waals surface area contributed by atoms with Gasteiger partial charge in [-0.1, -0.05) is 15.9 Å². The maximum atomic E-state index is 13.7. The Kier molecular flexibility index (Phi) is 3.58. The number of carbonyl (C=O) groups excluding carboxylic acids is 1. The number of hydrogen-bond donors (Lipinski definition) is 1. The van der Waals surface area contributed by atoms with Gasteiger partial charge in [0.25, 0.3) is 5.91 Å². The van der Waals surface area contributed by atoms with Gasteiger partial charge < -0.3 is 5.32 Å². The smallest absolute Gasteiger partial charge is 0.254 e. The highest BCUT2D eigenvalue weighted by atomic mass is 79.9. The summed E-state index contributed by atoms with van der Waals surface area (Å²) < 4.78 is 14.3. The largest absolute Gasteiger partial charge is 0.348 e. The SMILES string of the molecule is O=C(NC1CCN(C2CC2)C1)c1ccc(Br)cc1F. The minimum absolute atomic E-state index is 0.119. The van der Waals surface area contributed by atoms with Crippen molar-refractivity contribution in [3.05, 3.63) is 34.1 Å². The Morgan fingerprint density at radius 1 is 1.37 bits per heavy atom. The molecule has 0 bridgehead atoms. The Balaban J connectivity index is 1.61. The van der Waals surface area contributed by atoms with Gasteiger partial charge in [-0.25, -0.2) is 4.39 Å². The van der Waals surface area contributed by atoms with Crippen molar-refractivity contribution < 1.29 is 9.18 Å². The number of likely N-dealkylation sites (tertiary alicyclic amines) is 1. The van der Waals surface area contributed by atoms with Crippen molar-refractivity contribution in [2.24, 2.45) is 0 Å². The topological polar surface area (TPSA) is 32.3 Å². The maximum absolute atomic E-state index is 13.7. The van der Waals surface area contributed by atoms with E-state index in [-0.39, 0.29) is 17.5 Å². The van der Waals surface area contributed by atoms with Crippen LogP contribution in [-0.4, -0.2) is 36.0 Å². The quantitative estimate of drug-likeness (QED) is 0.925. The van der Waals surface area contributed by atoms with Gasteiger partial charge in [-0.3, -0.25) is 9.69 Å². The van der Waals surface area contributed by atoms with Gasteiger partial charge in [0.1, 0.15) is 5.82 Å². The summed E-state index contributed by atoms with van der Waals surface area (Å²) in [4.78, 5) is 14.5. The molecule has 3 nitrogen and oxygen atoms in total. The van der Waals surface area contributed by atoms with Gasteiger partial charge in [0.15, 0.2) is 0 Å². The first kappa shape index (κ1) is 13.1. The van der Waals surface area contributed by atoms with Crippen LogP contribution in [0, 0.1) is 5.82 Å². The van der Waals surface area contributed by atoms with E-state index < -0.39 is 5.82 Å². The third-order valence-electron chi connectivity index (χ3n) is 3.79. The van der Waals surface area contributed by atoms with Crippen molar-refractivity contribution >= 4 is 21.8 Å². The van der Waals surface area contributed by atoms with Gasteiger partial charge in [-0.05, 0) is 37.5 Å². The van der Waals surface area contributed by atoms with E-state index in [2.05, 4.69) is 26.1 Å². The van der Waals surface area contributed by atoms with E-state index in [1.54, 1.807) is 6.07 Å². The number of halogens is 2. The van der Waals surface area contributed by atoms with Crippen LogP contribution >= 0.6 is 15.9 Å². The number of rotatable bonds is 3. The van der Waals surface area contributed by atoms with Gasteiger partial charge in [0.05, 0.1) is 5.56 Å². The lowest BCUT2D eigenvalue weighted by molar-refractivity contribution is 0.0933. The molecule has 102 valence electrons. The normalized spacial score (nSPS) is 23.6. The van der Waals surface area contributed by atoms with Crippen molar-refractivity contribution in [2.75, 3.05) is 13.1 Å². The molecule has 5 heteroatoms. The van der Waals surface area contributed by atoms with E-state index in [0.29, 0.717) is 4.47 Å². The highest BCUT2D eigenvalue weighted by Crippen LogP contribution is 2.29. The van der Waals surface area contributed by atoms with E-state index in [4.69, 9.17) is 0 Å². The number of benzene rings is 1. The maximum Gasteiger partial charge on any atom is 0.254 e. The van der Waals surface area contributed by atoms with Crippen molar-refractivity contribution in [3.63, 3.8) is 0 Å². The molecular formula is C14H16BrFN2O. The van der Waals surface area contributed by atoms with Gasteiger partial charge in [-0.15, -0.1) is 0 Å². The number of carbonyl (C=O) groups is 1. The fourth-order valence-corrected chi connectivity index (χ4v) is 2.95. The zero-order valence-electron chi connectivity index (χ0n) is 10.5. The molecule has 1 aliphatic carbocycles. The van der Waals surface area contributed by atoms with Crippen molar-refractivity contribution in [2.45, 2.75) is 31.3 Å². The molecule has 1 saturated heterocycles. The third kappa shape index (κ3) is 2.98. The van der Waals surface area contributed by atoms with E-state index in [1.807, 2.05) is 0 Å². The average Bonchev–Trinajstić information content (AvgIpc) is 3.10. The molecule has 19 heavy (non-hydrogen) atoms. The highest BCUT2D eigenvalue weighted by Gasteiger charge is 2.34. The van der Waals surface area contributed by atoms with Crippen LogP contribution in [0.4, 0.5) is 4.39 Å². The Hall–Kier alpha value is -0.940. The lowest BCUT2D eigenvalue weighted by atomic mass is 10.1. The molecule has 2 aliphatic rings. The fourth-order valence-electron chi connectivity index (χ4n) is 2.61. The molecule has 2 fully saturated rings. The minimum atomic E-state index is -0.482. The molecule has 1 unspecified atom stereocenters. The van der Waals surface area contributed by atoms with Crippen LogP contribution in [-0.2, 0) is 0 Å². The van der Waals surface area contributed by atoms with Crippen LogP contribution in [0.3, 0.4) is 0 Å². The van der Waals surface area contributed by atoms with Crippen molar-refractivity contribution in [1.82, 2.24) is 10.2 Å². The van der Waals surface area contributed by atoms with Crippen molar-refractivity contribution in [3.8, 4) is 0 Å². The Labute approximate surface area is 120 Å². The number of nitrogens with zero attached hydrogens (tertiary/aromatic N) is 1. The van der Waals surface area contributed by atoms with Crippen LogP contribution in [0.5, 0.6) is 0 Å². The number of nitrogens with one attached hydrogen (secondary N) is 1. The minimum Gasteiger partial charge on any atom is -0.348 e. The van der Waals surface area contributed by atoms with Crippen LogP contribution in [0.15, 0.2) is 22.7 Å². The molecule has 1 heterocycles. The summed E-state index contributed by atoms with van der Waals surface area (Å²) in [6, 6.07) is 5.40. The zero-order chi connectivity index (χ0) is 13.4. The van der Waals surface area contributed by atoms with E-state index in [9.17, 15) is 9.18 Å². The number of amides is 1. The van der Waals surface area contributed by atoms with E-state index >= 15 is 0 Å². The Bertz CT molecular complexity index is 504. The monoisotopic (exact) mass is 326 g/mol. The van der Waals surface area contributed by atoms with E-state index in [1.165, 1.54) is 25.0 Å². The lowest BCUT2D eigenvalue weighted by Crippen LogP contribution is -2.37. The predicted octanol–water partition coefficient (Wildman–Crippen LogP) is 2.55. The standard InChI is InChI=1S/C14H16BrFN2O/c15-9-1-4-12(13(16)7-9)14(19)17-10-5-6-18(8-10)11-2-3-11/h1,4,7,10-11H,2-3,5-6,8H2,(H,17,19). The molecule has 1 aliphatic heterocycles. The van der Waals surface area contributed by atoms with Gasteiger partial charge in [-0.2, -0.15) is 0 Å². The summed E-state index contributed by atoms with van der Waals surface area (Å²) in [5.74, 6) is -0.795. The van der Waals surface area contributed by atoms with Crippen molar-refractivity contribution in [1.29, 1.82) is 0 Å². The molecular weight excluding hydrogens is 311 g/mol. The molecule has 0 radical (unpaired) electrons. The van der Waals surface area contributed by atoms with Gasteiger partial charge in [0.2, 0.25) is 0 Å². The van der Waals surface area contributed by atoms with E-state index in [0.717, 1.165) is 25.6 Å². The molecule has 1 N–H and O–H groups in total. The second-order valence-corrected chi connectivity index (χ2v) is 6.23. The van der Waals surface area contributed by atoms with Gasteiger partial charge in [0, 0.05) is 29.6 Å². The summed E-state index contributed by atoms with van der Waals surface area (Å²) in [5, 5.41) is 2.93.